The highest BCUT2D eigenvalue weighted by atomic mass is 32.1. The third-order valence-corrected chi connectivity index (χ3v) is 5.26. The SMILES string of the molecule is CCOc1cc2c(cc1/C=c1\s/c(=C\C(=O)C(C)(C)C)[nH]c1=O)OC(C)C2. The molecule has 27 heavy (non-hydrogen) atoms. The number of nitrogens with one attached hydrogen (secondary N) is 1. The van der Waals surface area contributed by atoms with Crippen molar-refractivity contribution in [3.63, 3.8) is 0 Å². The third kappa shape index (κ3) is 4.33. The maximum atomic E-state index is 12.4. The van der Waals surface area contributed by atoms with E-state index in [4.69, 9.17) is 9.47 Å². The van der Waals surface area contributed by atoms with E-state index in [1.54, 1.807) is 6.08 Å². The fraction of sp³-hybridized carbons (Fsp3) is 0.429. The predicted molar refractivity (Wildman–Crippen MR) is 108 cm³/mol. The smallest absolute Gasteiger partial charge is 0.266 e. The number of thiazole rings is 1. The largest absolute Gasteiger partial charge is 0.493 e. The van der Waals surface area contributed by atoms with Crippen molar-refractivity contribution in [2.75, 3.05) is 6.61 Å². The van der Waals surface area contributed by atoms with E-state index in [1.807, 2.05) is 46.8 Å². The molecule has 2 heterocycles. The normalized spacial score (nSPS) is 17.7. The minimum absolute atomic E-state index is 0.0264. The number of H-pyrrole nitrogens is 1. The first-order chi connectivity index (χ1) is 12.7. The second-order valence-corrected chi connectivity index (χ2v) is 8.83. The molecular formula is C21H25NO4S. The first-order valence-electron chi connectivity index (χ1n) is 9.10. The Hall–Kier alpha value is -2.34. The van der Waals surface area contributed by atoms with Crippen LogP contribution in [-0.2, 0) is 11.2 Å². The van der Waals surface area contributed by atoms with Crippen LogP contribution in [0.1, 0.15) is 45.7 Å². The Morgan fingerprint density at radius 2 is 2.15 bits per heavy atom. The molecule has 0 radical (unpaired) electrons. The summed E-state index contributed by atoms with van der Waals surface area (Å²) in [6.07, 6.45) is 4.28. The van der Waals surface area contributed by atoms with Gasteiger partial charge in [0.2, 0.25) is 0 Å². The molecule has 6 heteroatoms. The minimum Gasteiger partial charge on any atom is -0.493 e. The zero-order chi connectivity index (χ0) is 19.8. The summed E-state index contributed by atoms with van der Waals surface area (Å²) in [7, 11) is 0. The van der Waals surface area contributed by atoms with Gasteiger partial charge in [0.05, 0.1) is 15.8 Å². The molecule has 5 nitrogen and oxygen atoms in total. The van der Waals surface area contributed by atoms with Crippen molar-refractivity contribution >= 4 is 29.3 Å². The number of fused-ring (bicyclic) bond motifs is 1. The summed E-state index contributed by atoms with van der Waals surface area (Å²) in [5.41, 5.74) is 1.21. The van der Waals surface area contributed by atoms with Crippen molar-refractivity contribution in [1.82, 2.24) is 4.98 Å². The van der Waals surface area contributed by atoms with Gasteiger partial charge in [-0.05, 0) is 32.1 Å². The van der Waals surface area contributed by atoms with Gasteiger partial charge in [-0.15, -0.1) is 11.3 Å². The van der Waals surface area contributed by atoms with Crippen molar-refractivity contribution in [2.45, 2.75) is 47.1 Å². The van der Waals surface area contributed by atoms with E-state index < -0.39 is 5.41 Å². The number of carbonyl (C=O) groups is 1. The lowest BCUT2D eigenvalue weighted by molar-refractivity contribution is -0.119. The minimum atomic E-state index is -0.485. The summed E-state index contributed by atoms with van der Waals surface area (Å²) in [6.45, 7) is 10.1. The number of hydrogen-bond acceptors (Lipinski definition) is 5. The van der Waals surface area contributed by atoms with E-state index in [1.165, 1.54) is 17.4 Å². The molecule has 1 aliphatic heterocycles. The molecule has 0 saturated heterocycles. The third-order valence-electron chi connectivity index (χ3n) is 4.30. The second kappa shape index (κ2) is 7.35. The van der Waals surface area contributed by atoms with Gasteiger partial charge in [-0.3, -0.25) is 9.59 Å². The average molecular weight is 388 g/mol. The lowest BCUT2D eigenvalue weighted by atomic mass is 9.91. The standard InChI is InChI=1S/C21H25NO4S/c1-6-25-15-8-13-7-12(2)26-16(13)9-14(15)10-17-20(24)22-19(27-17)11-18(23)21(3,4)5/h8-12H,6-7H2,1-5H3,(H,22,24)/b17-10-,19-11-. The van der Waals surface area contributed by atoms with E-state index in [0.29, 0.717) is 15.8 Å². The Bertz CT molecular complexity index is 1040. The van der Waals surface area contributed by atoms with E-state index >= 15 is 0 Å². The molecule has 1 unspecified atom stereocenters. The van der Waals surface area contributed by atoms with Crippen LogP contribution in [0.3, 0.4) is 0 Å². The Labute approximate surface area is 162 Å². The highest BCUT2D eigenvalue weighted by Crippen LogP contribution is 2.35. The van der Waals surface area contributed by atoms with E-state index in [9.17, 15) is 9.59 Å². The molecule has 0 spiro atoms. The Morgan fingerprint density at radius 3 is 2.81 bits per heavy atom. The van der Waals surface area contributed by atoms with Gasteiger partial charge in [-0.2, -0.15) is 0 Å². The van der Waals surface area contributed by atoms with Crippen LogP contribution in [0.4, 0.5) is 0 Å². The Morgan fingerprint density at radius 1 is 1.41 bits per heavy atom. The van der Waals surface area contributed by atoms with Crippen LogP contribution in [0.25, 0.3) is 12.2 Å². The molecule has 1 atom stereocenters. The first-order valence-corrected chi connectivity index (χ1v) is 9.92. The van der Waals surface area contributed by atoms with Gasteiger partial charge in [0, 0.05) is 29.0 Å². The van der Waals surface area contributed by atoms with Gasteiger partial charge in [-0.1, -0.05) is 20.8 Å². The topological polar surface area (TPSA) is 68.4 Å². The number of carbonyl (C=O) groups excluding carboxylic acids is 1. The van der Waals surface area contributed by atoms with Gasteiger partial charge in [0.25, 0.3) is 5.56 Å². The number of rotatable bonds is 4. The van der Waals surface area contributed by atoms with Crippen LogP contribution < -0.4 is 24.2 Å². The molecule has 1 N–H and O–H groups in total. The number of aromatic nitrogens is 1. The summed E-state index contributed by atoms with van der Waals surface area (Å²) < 4.78 is 12.7. The monoisotopic (exact) mass is 387 g/mol. The highest BCUT2D eigenvalue weighted by molar-refractivity contribution is 7.07. The molecule has 1 aromatic heterocycles. The first kappa shape index (κ1) is 19.4. The fourth-order valence-corrected chi connectivity index (χ4v) is 3.73. The number of hydrogen-bond donors (Lipinski definition) is 1. The molecule has 1 aromatic carbocycles. The molecule has 144 valence electrons. The molecule has 0 aliphatic carbocycles. The number of ketones is 1. The number of Topliss-reactive ketones (excluding diaryl/α,β-unsaturated/α-hetero) is 1. The number of aromatic amines is 1. The zero-order valence-electron chi connectivity index (χ0n) is 16.3. The van der Waals surface area contributed by atoms with Crippen molar-refractivity contribution in [3.8, 4) is 11.5 Å². The quantitative estimate of drug-likeness (QED) is 0.875. The predicted octanol–water partition coefficient (Wildman–Crippen LogP) is 2.38. The van der Waals surface area contributed by atoms with Crippen LogP contribution in [-0.4, -0.2) is 23.5 Å². The highest BCUT2D eigenvalue weighted by Gasteiger charge is 2.21. The molecule has 0 amide bonds. The van der Waals surface area contributed by atoms with Crippen molar-refractivity contribution < 1.29 is 14.3 Å². The van der Waals surface area contributed by atoms with Crippen LogP contribution in [0.15, 0.2) is 16.9 Å². The van der Waals surface area contributed by atoms with Gasteiger partial charge in [0.1, 0.15) is 17.6 Å². The van der Waals surface area contributed by atoms with Crippen molar-refractivity contribution in [2.24, 2.45) is 5.41 Å². The van der Waals surface area contributed by atoms with Crippen molar-refractivity contribution in [1.29, 1.82) is 0 Å². The Balaban J connectivity index is 2.08. The lowest BCUT2D eigenvalue weighted by Crippen LogP contribution is -2.22. The lowest BCUT2D eigenvalue weighted by Gasteiger charge is -2.12. The maximum Gasteiger partial charge on any atom is 0.266 e. The van der Waals surface area contributed by atoms with Crippen LogP contribution in [0.2, 0.25) is 0 Å². The van der Waals surface area contributed by atoms with Gasteiger partial charge >= 0.3 is 0 Å². The van der Waals surface area contributed by atoms with E-state index in [2.05, 4.69) is 4.98 Å². The Kier molecular flexibility index (Phi) is 5.29. The number of benzene rings is 1. The summed E-state index contributed by atoms with van der Waals surface area (Å²) >= 11 is 1.26. The van der Waals surface area contributed by atoms with Crippen LogP contribution in [0.5, 0.6) is 11.5 Å². The molecular weight excluding hydrogens is 362 g/mol. The van der Waals surface area contributed by atoms with E-state index in [-0.39, 0.29) is 17.4 Å². The second-order valence-electron chi connectivity index (χ2n) is 7.75. The molecule has 0 bridgehead atoms. The van der Waals surface area contributed by atoms with Crippen LogP contribution in [0, 0.1) is 5.41 Å². The maximum absolute atomic E-state index is 12.4. The molecule has 3 rings (SSSR count). The van der Waals surface area contributed by atoms with Gasteiger partial charge in [0.15, 0.2) is 5.78 Å². The summed E-state index contributed by atoms with van der Waals surface area (Å²) in [6, 6.07) is 3.92. The molecule has 1 aliphatic rings. The molecule has 0 saturated carbocycles. The summed E-state index contributed by atoms with van der Waals surface area (Å²) in [4.78, 5) is 27.3. The summed E-state index contributed by atoms with van der Waals surface area (Å²) in [5, 5.41) is 0. The van der Waals surface area contributed by atoms with Gasteiger partial charge in [-0.25, -0.2) is 0 Å². The molecule has 2 aromatic rings. The molecule has 0 fully saturated rings. The average Bonchev–Trinajstić information content (AvgIpc) is 3.08. The van der Waals surface area contributed by atoms with Gasteiger partial charge < -0.3 is 14.5 Å². The van der Waals surface area contributed by atoms with E-state index in [0.717, 1.165) is 29.0 Å². The van der Waals surface area contributed by atoms with Crippen LogP contribution >= 0.6 is 11.3 Å². The van der Waals surface area contributed by atoms with Crippen molar-refractivity contribution in [3.05, 3.63) is 42.8 Å². The zero-order valence-corrected chi connectivity index (χ0v) is 17.2. The number of ether oxygens (including phenoxy) is 2. The summed E-state index contributed by atoms with van der Waals surface area (Å²) in [5.74, 6) is 1.54. The fourth-order valence-electron chi connectivity index (χ4n) is 2.85.